The van der Waals surface area contributed by atoms with Gasteiger partial charge in [-0.15, -0.1) is 0 Å². The van der Waals surface area contributed by atoms with Gasteiger partial charge in [-0.25, -0.2) is 4.39 Å². The summed E-state index contributed by atoms with van der Waals surface area (Å²) in [6.07, 6.45) is 2.00. The average Bonchev–Trinajstić information content (AvgIpc) is 2.83. The summed E-state index contributed by atoms with van der Waals surface area (Å²) in [6.45, 7) is 3.02. The lowest BCUT2D eigenvalue weighted by Gasteiger charge is -2.09. The molecule has 20 heavy (non-hydrogen) atoms. The molecule has 0 aliphatic heterocycles. The third kappa shape index (κ3) is 2.32. The minimum absolute atomic E-state index is 0.184. The van der Waals surface area contributed by atoms with Crippen molar-refractivity contribution < 1.29 is 4.39 Å². The zero-order valence-electron chi connectivity index (χ0n) is 11.4. The summed E-state index contributed by atoms with van der Waals surface area (Å²) in [5.41, 5.74) is 9.59. The molecule has 0 bridgehead atoms. The predicted octanol–water partition coefficient (Wildman–Crippen LogP) is 3.60. The Hall–Kier alpha value is -2.13. The van der Waals surface area contributed by atoms with Crippen LogP contribution in [-0.4, -0.2) is 4.57 Å². The summed E-state index contributed by atoms with van der Waals surface area (Å²) in [5.74, 6) is -0.184. The molecule has 3 rings (SSSR count). The van der Waals surface area contributed by atoms with Crippen LogP contribution in [0.25, 0.3) is 10.9 Å². The van der Waals surface area contributed by atoms with Gasteiger partial charge in [0.2, 0.25) is 0 Å². The molecule has 2 nitrogen and oxygen atoms in total. The fourth-order valence-electron chi connectivity index (χ4n) is 2.52. The normalized spacial score (nSPS) is 11.2. The van der Waals surface area contributed by atoms with Crippen LogP contribution in [0.5, 0.6) is 0 Å². The quantitative estimate of drug-likeness (QED) is 0.773. The van der Waals surface area contributed by atoms with E-state index >= 15 is 0 Å². The van der Waals surface area contributed by atoms with Crippen LogP contribution in [0.15, 0.2) is 48.7 Å². The molecule has 0 amide bonds. The molecular weight excluding hydrogens is 251 g/mol. The highest BCUT2D eigenvalue weighted by molar-refractivity contribution is 5.80. The second-order valence-corrected chi connectivity index (χ2v) is 5.14. The van der Waals surface area contributed by atoms with Gasteiger partial charge < -0.3 is 10.3 Å². The summed E-state index contributed by atoms with van der Waals surface area (Å²) in [6, 6.07) is 13.4. The lowest BCUT2D eigenvalue weighted by molar-refractivity contribution is 0.601. The molecular formula is C17H17FN2. The maximum atomic E-state index is 13.9. The summed E-state index contributed by atoms with van der Waals surface area (Å²) in [5, 5.41) is 1.18. The van der Waals surface area contributed by atoms with Gasteiger partial charge in [0.25, 0.3) is 0 Å². The van der Waals surface area contributed by atoms with E-state index < -0.39 is 0 Å². The zero-order valence-corrected chi connectivity index (χ0v) is 11.4. The lowest BCUT2D eigenvalue weighted by atomic mass is 10.1. The molecule has 3 heteroatoms. The van der Waals surface area contributed by atoms with Crippen molar-refractivity contribution in [1.29, 1.82) is 0 Å². The van der Waals surface area contributed by atoms with Gasteiger partial charge in [-0.05, 0) is 48.2 Å². The Morgan fingerprint density at radius 3 is 2.75 bits per heavy atom. The Balaban J connectivity index is 2.01. The van der Waals surface area contributed by atoms with E-state index in [4.69, 9.17) is 5.73 Å². The molecule has 0 fully saturated rings. The Labute approximate surface area is 117 Å². The Morgan fingerprint density at radius 2 is 1.95 bits per heavy atom. The van der Waals surface area contributed by atoms with Crippen LogP contribution in [-0.2, 0) is 13.1 Å². The minimum Gasteiger partial charge on any atom is -0.343 e. The van der Waals surface area contributed by atoms with Crippen molar-refractivity contribution in [1.82, 2.24) is 4.57 Å². The third-order valence-electron chi connectivity index (χ3n) is 3.61. The Morgan fingerprint density at radius 1 is 1.10 bits per heavy atom. The summed E-state index contributed by atoms with van der Waals surface area (Å²) in [4.78, 5) is 0. The number of aryl methyl sites for hydroxylation is 1. The van der Waals surface area contributed by atoms with E-state index in [-0.39, 0.29) is 5.82 Å². The molecule has 0 saturated carbocycles. The maximum absolute atomic E-state index is 13.9. The van der Waals surface area contributed by atoms with Crippen LogP contribution < -0.4 is 5.73 Å². The molecule has 0 aliphatic carbocycles. The second kappa shape index (κ2) is 5.10. The van der Waals surface area contributed by atoms with E-state index in [2.05, 4.69) is 35.8 Å². The van der Waals surface area contributed by atoms with Gasteiger partial charge in [0, 0.05) is 23.8 Å². The van der Waals surface area contributed by atoms with Crippen LogP contribution in [0.2, 0.25) is 0 Å². The molecule has 2 N–H and O–H groups in total. The molecule has 1 aromatic heterocycles. The number of hydrogen-bond donors (Lipinski definition) is 1. The van der Waals surface area contributed by atoms with Crippen molar-refractivity contribution in [3.05, 3.63) is 71.2 Å². The standard InChI is InChI=1S/C17H17FN2/c1-12-2-5-17-14(8-12)6-7-20(17)11-15-9-13(10-19)3-4-16(15)18/h2-9H,10-11,19H2,1H3. The van der Waals surface area contributed by atoms with Gasteiger partial charge >= 0.3 is 0 Å². The number of aromatic nitrogens is 1. The number of fused-ring (bicyclic) bond motifs is 1. The van der Waals surface area contributed by atoms with Crippen molar-refractivity contribution in [3.63, 3.8) is 0 Å². The van der Waals surface area contributed by atoms with E-state index in [1.54, 1.807) is 6.07 Å². The van der Waals surface area contributed by atoms with E-state index in [9.17, 15) is 4.39 Å². The summed E-state index contributed by atoms with van der Waals surface area (Å²) < 4.78 is 16.0. The Bertz CT molecular complexity index is 759. The van der Waals surface area contributed by atoms with Gasteiger partial charge in [0.1, 0.15) is 5.82 Å². The Kier molecular flexibility index (Phi) is 3.28. The van der Waals surface area contributed by atoms with Gasteiger partial charge in [0.05, 0.1) is 6.54 Å². The smallest absolute Gasteiger partial charge is 0.128 e. The van der Waals surface area contributed by atoms with E-state index in [1.165, 1.54) is 17.0 Å². The first kappa shape index (κ1) is 12.9. The zero-order chi connectivity index (χ0) is 14.1. The molecule has 3 aromatic rings. The first-order valence-electron chi connectivity index (χ1n) is 6.70. The van der Waals surface area contributed by atoms with Gasteiger partial charge in [-0.2, -0.15) is 0 Å². The monoisotopic (exact) mass is 268 g/mol. The van der Waals surface area contributed by atoms with Crippen LogP contribution in [0.4, 0.5) is 4.39 Å². The van der Waals surface area contributed by atoms with Crippen molar-refractivity contribution in [2.45, 2.75) is 20.0 Å². The topological polar surface area (TPSA) is 30.9 Å². The van der Waals surface area contributed by atoms with E-state index in [0.29, 0.717) is 18.7 Å². The lowest BCUT2D eigenvalue weighted by Crippen LogP contribution is -2.03. The predicted molar refractivity (Wildman–Crippen MR) is 80.1 cm³/mol. The van der Waals surface area contributed by atoms with Gasteiger partial charge in [-0.1, -0.05) is 17.7 Å². The first-order valence-corrected chi connectivity index (χ1v) is 6.70. The third-order valence-corrected chi connectivity index (χ3v) is 3.61. The number of benzene rings is 2. The summed E-state index contributed by atoms with van der Waals surface area (Å²) in [7, 11) is 0. The maximum Gasteiger partial charge on any atom is 0.128 e. The van der Waals surface area contributed by atoms with Crippen molar-refractivity contribution in [2.24, 2.45) is 5.73 Å². The molecule has 2 aromatic carbocycles. The highest BCUT2D eigenvalue weighted by atomic mass is 19.1. The molecule has 0 radical (unpaired) electrons. The number of halogens is 1. The number of hydrogen-bond acceptors (Lipinski definition) is 1. The van der Waals surface area contributed by atoms with Crippen molar-refractivity contribution >= 4 is 10.9 Å². The van der Waals surface area contributed by atoms with E-state index in [1.807, 2.05) is 12.3 Å². The van der Waals surface area contributed by atoms with Crippen molar-refractivity contribution in [2.75, 3.05) is 0 Å². The molecule has 0 atom stereocenters. The summed E-state index contributed by atoms with van der Waals surface area (Å²) >= 11 is 0. The highest BCUT2D eigenvalue weighted by Crippen LogP contribution is 2.20. The molecule has 1 heterocycles. The van der Waals surface area contributed by atoms with E-state index in [0.717, 1.165) is 11.1 Å². The fraction of sp³-hybridized carbons (Fsp3) is 0.176. The molecule has 0 saturated heterocycles. The minimum atomic E-state index is -0.184. The fourth-order valence-corrected chi connectivity index (χ4v) is 2.52. The molecule has 0 aliphatic rings. The first-order chi connectivity index (χ1) is 9.67. The average molecular weight is 268 g/mol. The molecule has 0 unspecified atom stereocenters. The van der Waals surface area contributed by atoms with Gasteiger partial charge in [0.15, 0.2) is 0 Å². The number of nitrogens with two attached hydrogens (primary N) is 1. The van der Waals surface area contributed by atoms with Crippen LogP contribution in [0, 0.1) is 12.7 Å². The van der Waals surface area contributed by atoms with Crippen LogP contribution >= 0.6 is 0 Å². The number of nitrogens with zero attached hydrogens (tertiary/aromatic N) is 1. The molecule has 0 spiro atoms. The van der Waals surface area contributed by atoms with Crippen LogP contribution in [0.1, 0.15) is 16.7 Å². The second-order valence-electron chi connectivity index (χ2n) is 5.14. The van der Waals surface area contributed by atoms with Gasteiger partial charge in [-0.3, -0.25) is 0 Å². The largest absolute Gasteiger partial charge is 0.343 e. The number of rotatable bonds is 3. The van der Waals surface area contributed by atoms with Crippen LogP contribution in [0.3, 0.4) is 0 Å². The van der Waals surface area contributed by atoms with Crippen molar-refractivity contribution in [3.8, 4) is 0 Å². The highest BCUT2D eigenvalue weighted by Gasteiger charge is 2.07. The SMILES string of the molecule is Cc1ccc2c(ccn2Cc2cc(CN)ccc2F)c1. The molecule has 102 valence electrons.